The maximum atomic E-state index is 12.3. The second kappa shape index (κ2) is 6.92. The molecule has 3 nitrogen and oxygen atoms in total. The third kappa shape index (κ3) is 3.96. The van der Waals surface area contributed by atoms with Gasteiger partial charge in [0.25, 0.3) is 0 Å². The Kier molecular flexibility index (Phi) is 6.05. The number of hydrogen-bond acceptors (Lipinski definition) is 3. The first-order valence-electron chi connectivity index (χ1n) is 7.05. The van der Waals surface area contributed by atoms with Crippen LogP contribution >= 0.6 is 23.7 Å². The number of nitrogens with one attached hydrogen (secondary N) is 1. The molecule has 0 saturated heterocycles. The Bertz CT molecular complexity index is 425. The van der Waals surface area contributed by atoms with E-state index in [2.05, 4.69) is 36.7 Å². The molecule has 1 fully saturated rings. The van der Waals surface area contributed by atoms with Crippen LogP contribution in [0.3, 0.4) is 0 Å². The molecule has 0 spiro atoms. The lowest BCUT2D eigenvalue weighted by molar-refractivity contribution is -0.127. The van der Waals surface area contributed by atoms with Crippen LogP contribution in [0.25, 0.3) is 0 Å². The van der Waals surface area contributed by atoms with Crippen molar-refractivity contribution in [3.8, 4) is 0 Å². The van der Waals surface area contributed by atoms with Gasteiger partial charge in [0.05, 0.1) is 5.54 Å². The Balaban J connectivity index is 0.00000200. The summed E-state index contributed by atoms with van der Waals surface area (Å²) in [5.74, 6) is 0.0248. The Morgan fingerprint density at radius 1 is 1.40 bits per heavy atom. The van der Waals surface area contributed by atoms with Crippen LogP contribution < -0.4 is 11.1 Å². The highest BCUT2D eigenvalue weighted by molar-refractivity contribution is 7.10. The van der Waals surface area contributed by atoms with Gasteiger partial charge in [-0.05, 0) is 24.3 Å². The summed E-state index contributed by atoms with van der Waals surface area (Å²) in [5, 5.41) is 5.14. The molecule has 20 heavy (non-hydrogen) atoms. The lowest BCUT2D eigenvalue weighted by Gasteiger charge is -2.33. The predicted octanol–water partition coefficient (Wildman–Crippen LogP) is 3.23. The minimum Gasteiger partial charge on any atom is -0.354 e. The third-order valence-electron chi connectivity index (χ3n) is 4.08. The van der Waals surface area contributed by atoms with Gasteiger partial charge in [-0.25, -0.2) is 0 Å². The lowest BCUT2D eigenvalue weighted by Crippen LogP contribution is -2.56. The Morgan fingerprint density at radius 3 is 2.60 bits per heavy atom. The monoisotopic (exact) mass is 316 g/mol. The van der Waals surface area contributed by atoms with Crippen LogP contribution in [0.15, 0.2) is 17.5 Å². The highest BCUT2D eigenvalue weighted by atomic mass is 35.5. The van der Waals surface area contributed by atoms with Crippen molar-refractivity contribution in [1.82, 2.24) is 5.32 Å². The Morgan fingerprint density at radius 2 is 2.05 bits per heavy atom. The standard InChI is InChI=1S/C15H24N2OS.ClH/c1-14(2,12-7-6-10-19-12)11-17-13(18)15(16)8-4-3-5-9-15;/h6-7,10H,3-5,8-9,11,16H2,1-2H3,(H,17,18);1H. The van der Waals surface area contributed by atoms with Crippen LogP contribution in [0.1, 0.15) is 50.8 Å². The van der Waals surface area contributed by atoms with Gasteiger partial charge in [0, 0.05) is 16.8 Å². The van der Waals surface area contributed by atoms with Gasteiger partial charge in [-0.1, -0.05) is 39.2 Å². The number of halogens is 1. The molecule has 5 heteroatoms. The number of amides is 1. The summed E-state index contributed by atoms with van der Waals surface area (Å²) in [5.41, 5.74) is 5.57. The SMILES string of the molecule is CC(C)(CNC(=O)C1(N)CCCCC1)c1cccs1.Cl. The molecule has 114 valence electrons. The highest BCUT2D eigenvalue weighted by Crippen LogP contribution is 2.28. The highest BCUT2D eigenvalue weighted by Gasteiger charge is 2.36. The van der Waals surface area contributed by atoms with Crippen LogP contribution in [0.4, 0.5) is 0 Å². The summed E-state index contributed by atoms with van der Waals surface area (Å²) < 4.78 is 0. The number of thiophene rings is 1. The molecule has 1 aliphatic carbocycles. The molecule has 1 aliphatic rings. The summed E-state index contributed by atoms with van der Waals surface area (Å²) in [4.78, 5) is 13.6. The number of carbonyl (C=O) groups excluding carboxylic acids is 1. The van der Waals surface area contributed by atoms with Crippen molar-refractivity contribution < 1.29 is 4.79 Å². The van der Waals surface area contributed by atoms with Crippen molar-refractivity contribution in [2.24, 2.45) is 5.73 Å². The second-order valence-corrected chi connectivity index (χ2v) is 7.21. The van der Waals surface area contributed by atoms with E-state index in [9.17, 15) is 4.79 Å². The van der Waals surface area contributed by atoms with Crippen LogP contribution in [0.5, 0.6) is 0 Å². The van der Waals surface area contributed by atoms with E-state index < -0.39 is 5.54 Å². The van der Waals surface area contributed by atoms with Crippen LogP contribution in [0, 0.1) is 0 Å². The molecule has 0 unspecified atom stereocenters. The van der Waals surface area contributed by atoms with Gasteiger partial charge in [0.2, 0.25) is 5.91 Å². The fraction of sp³-hybridized carbons (Fsp3) is 0.667. The van der Waals surface area contributed by atoms with E-state index in [1.165, 1.54) is 11.3 Å². The fourth-order valence-electron chi connectivity index (χ4n) is 2.64. The van der Waals surface area contributed by atoms with Gasteiger partial charge in [-0.3, -0.25) is 4.79 Å². The van der Waals surface area contributed by atoms with Crippen molar-refractivity contribution in [1.29, 1.82) is 0 Å². The fourth-order valence-corrected chi connectivity index (χ4v) is 3.49. The zero-order chi connectivity index (χ0) is 13.9. The van der Waals surface area contributed by atoms with Crippen molar-refractivity contribution in [3.05, 3.63) is 22.4 Å². The summed E-state index contributed by atoms with van der Waals surface area (Å²) >= 11 is 1.73. The summed E-state index contributed by atoms with van der Waals surface area (Å²) in [6.07, 6.45) is 4.97. The van der Waals surface area contributed by atoms with Crippen LogP contribution in [-0.4, -0.2) is 18.0 Å². The molecule has 0 bridgehead atoms. The molecule has 2 rings (SSSR count). The molecule has 3 N–H and O–H groups in total. The van der Waals surface area contributed by atoms with E-state index in [-0.39, 0.29) is 23.7 Å². The number of rotatable bonds is 4. The van der Waals surface area contributed by atoms with Crippen molar-refractivity contribution in [2.75, 3.05) is 6.54 Å². The van der Waals surface area contributed by atoms with E-state index in [1.54, 1.807) is 11.3 Å². The molecule has 0 aromatic carbocycles. The van der Waals surface area contributed by atoms with Crippen molar-refractivity contribution >= 4 is 29.7 Å². The quantitative estimate of drug-likeness (QED) is 0.896. The van der Waals surface area contributed by atoms with Crippen molar-refractivity contribution in [3.63, 3.8) is 0 Å². The van der Waals surface area contributed by atoms with E-state index in [4.69, 9.17) is 5.73 Å². The summed E-state index contributed by atoms with van der Waals surface area (Å²) in [7, 11) is 0. The van der Waals surface area contributed by atoms with Gasteiger partial charge in [-0.15, -0.1) is 23.7 Å². The maximum Gasteiger partial charge on any atom is 0.240 e. The molecule has 1 amide bonds. The predicted molar refractivity (Wildman–Crippen MR) is 87.6 cm³/mol. The van der Waals surface area contributed by atoms with Crippen LogP contribution in [-0.2, 0) is 10.2 Å². The van der Waals surface area contributed by atoms with E-state index in [0.717, 1.165) is 25.7 Å². The van der Waals surface area contributed by atoms with Crippen LogP contribution in [0.2, 0.25) is 0 Å². The number of hydrogen-bond donors (Lipinski definition) is 2. The summed E-state index contributed by atoms with van der Waals surface area (Å²) in [6, 6.07) is 4.17. The van der Waals surface area contributed by atoms with E-state index in [1.807, 2.05) is 0 Å². The first kappa shape index (κ1) is 17.5. The summed E-state index contributed by atoms with van der Waals surface area (Å²) in [6.45, 7) is 4.96. The van der Waals surface area contributed by atoms with E-state index in [0.29, 0.717) is 6.54 Å². The van der Waals surface area contributed by atoms with Gasteiger partial charge in [0.15, 0.2) is 0 Å². The minimum absolute atomic E-state index is 0. The third-order valence-corrected chi connectivity index (χ3v) is 5.31. The Hall–Kier alpha value is -0.580. The second-order valence-electron chi connectivity index (χ2n) is 6.26. The maximum absolute atomic E-state index is 12.3. The normalized spacial score (nSPS) is 18.1. The molecule has 0 atom stereocenters. The largest absolute Gasteiger partial charge is 0.354 e. The average Bonchev–Trinajstić information content (AvgIpc) is 2.91. The van der Waals surface area contributed by atoms with Crippen molar-refractivity contribution in [2.45, 2.75) is 56.9 Å². The molecule has 1 aromatic rings. The average molecular weight is 317 g/mol. The zero-order valence-electron chi connectivity index (χ0n) is 12.3. The molecule has 1 heterocycles. The zero-order valence-corrected chi connectivity index (χ0v) is 13.9. The first-order valence-corrected chi connectivity index (χ1v) is 7.93. The topological polar surface area (TPSA) is 55.1 Å². The molecule has 1 saturated carbocycles. The van der Waals surface area contributed by atoms with E-state index >= 15 is 0 Å². The lowest BCUT2D eigenvalue weighted by atomic mass is 9.81. The molecule has 1 aromatic heterocycles. The Labute approximate surface area is 131 Å². The number of nitrogens with two attached hydrogens (primary N) is 1. The van der Waals surface area contributed by atoms with Gasteiger partial charge < -0.3 is 11.1 Å². The molecular formula is C15H25ClN2OS. The number of carbonyl (C=O) groups is 1. The van der Waals surface area contributed by atoms with Gasteiger partial charge in [0.1, 0.15) is 0 Å². The van der Waals surface area contributed by atoms with Gasteiger partial charge in [-0.2, -0.15) is 0 Å². The van der Waals surface area contributed by atoms with Gasteiger partial charge >= 0.3 is 0 Å². The first-order chi connectivity index (χ1) is 8.94. The minimum atomic E-state index is -0.635. The smallest absolute Gasteiger partial charge is 0.240 e. The molecule has 0 aliphatic heterocycles. The molecule has 0 radical (unpaired) electrons. The molecular weight excluding hydrogens is 292 g/mol.